The second kappa shape index (κ2) is 5.71. The molecule has 2 heterocycles. The van der Waals surface area contributed by atoms with E-state index in [9.17, 15) is 4.79 Å². The lowest BCUT2D eigenvalue weighted by Crippen LogP contribution is -2.36. The second-order valence-corrected chi connectivity index (χ2v) is 5.51. The topological polar surface area (TPSA) is 65.9 Å². The number of nitrogens with zero attached hydrogens (tertiary/aromatic N) is 3. The molecule has 1 amide bonds. The summed E-state index contributed by atoms with van der Waals surface area (Å²) in [4.78, 5) is 19.1. The van der Waals surface area contributed by atoms with E-state index in [1.54, 1.807) is 7.11 Å². The summed E-state index contributed by atoms with van der Waals surface area (Å²) in [5.74, 6) is 0.754. The highest BCUT2D eigenvalue weighted by molar-refractivity contribution is 5.86. The summed E-state index contributed by atoms with van der Waals surface area (Å²) in [6.45, 7) is 1.11. The summed E-state index contributed by atoms with van der Waals surface area (Å²) in [7, 11) is 3.62. The van der Waals surface area contributed by atoms with E-state index in [2.05, 4.69) is 16.0 Å². The van der Waals surface area contributed by atoms with E-state index in [-0.39, 0.29) is 6.04 Å². The van der Waals surface area contributed by atoms with Gasteiger partial charge in [-0.25, -0.2) is 4.79 Å². The molecule has 0 spiro atoms. The van der Waals surface area contributed by atoms with Gasteiger partial charge in [-0.05, 0) is 18.6 Å². The van der Waals surface area contributed by atoms with Crippen LogP contribution in [0.4, 0.5) is 10.5 Å². The van der Waals surface area contributed by atoms with E-state index in [0.29, 0.717) is 13.1 Å². The smallest absolute Gasteiger partial charge is 0.407 e. The van der Waals surface area contributed by atoms with Crippen LogP contribution in [0.3, 0.4) is 0 Å². The van der Waals surface area contributed by atoms with Crippen LogP contribution in [0.15, 0.2) is 30.5 Å². The first-order chi connectivity index (χ1) is 10.6. The van der Waals surface area contributed by atoms with Gasteiger partial charge in [0.15, 0.2) is 0 Å². The minimum atomic E-state index is -0.850. The fourth-order valence-corrected chi connectivity index (χ4v) is 2.92. The van der Waals surface area contributed by atoms with Gasteiger partial charge in [0.1, 0.15) is 11.3 Å². The van der Waals surface area contributed by atoms with Crippen LogP contribution in [0.1, 0.15) is 6.42 Å². The Morgan fingerprint density at radius 1 is 1.50 bits per heavy atom. The minimum absolute atomic E-state index is 0.181. The van der Waals surface area contributed by atoms with E-state index >= 15 is 0 Å². The largest absolute Gasteiger partial charge is 0.494 e. The first-order valence-corrected chi connectivity index (χ1v) is 7.23. The van der Waals surface area contributed by atoms with E-state index in [1.807, 2.05) is 31.4 Å². The summed E-state index contributed by atoms with van der Waals surface area (Å²) in [6, 6.07) is 8.07. The van der Waals surface area contributed by atoms with Crippen LogP contribution in [0.5, 0.6) is 5.75 Å². The van der Waals surface area contributed by atoms with Gasteiger partial charge in [-0.1, -0.05) is 12.1 Å². The summed E-state index contributed by atoms with van der Waals surface area (Å²) >= 11 is 0. The molecule has 0 aliphatic carbocycles. The van der Waals surface area contributed by atoms with Gasteiger partial charge in [-0.2, -0.15) is 0 Å². The standard InChI is InChI=1S/C16H19N3O3/c1-18(12-6-7-19(10-12)16(20)21)13-8-11-4-3-5-14(22-2)15(11)17-9-13/h3-5,8-9,12H,6-7,10H2,1-2H3,(H,20,21)/t12-/m0/s1. The van der Waals surface area contributed by atoms with E-state index in [0.717, 1.165) is 28.8 Å². The van der Waals surface area contributed by atoms with Crippen molar-refractivity contribution in [3.63, 3.8) is 0 Å². The average Bonchev–Trinajstić information content (AvgIpc) is 3.03. The number of carbonyl (C=O) groups is 1. The van der Waals surface area contributed by atoms with Crippen molar-refractivity contribution in [3.05, 3.63) is 30.5 Å². The van der Waals surface area contributed by atoms with Crippen molar-refractivity contribution in [1.29, 1.82) is 0 Å². The van der Waals surface area contributed by atoms with Crippen molar-refractivity contribution in [2.45, 2.75) is 12.5 Å². The Balaban J connectivity index is 1.86. The number of likely N-dealkylation sites (N-methyl/N-ethyl adjacent to an activating group) is 1. The SMILES string of the molecule is COc1cccc2cc(N(C)[C@H]3CCN(C(=O)O)C3)cnc12. The number of fused-ring (bicyclic) bond motifs is 1. The zero-order valence-electron chi connectivity index (χ0n) is 12.7. The number of pyridine rings is 1. The molecule has 0 saturated carbocycles. The van der Waals surface area contributed by atoms with Crippen LogP contribution in [-0.4, -0.2) is 54.4 Å². The number of anilines is 1. The monoisotopic (exact) mass is 301 g/mol. The highest BCUT2D eigenvalue weighted by Gasteiger charge is 2.29. The molecular weight excluding hydrogens is 282 g/mol. The second-order valence-electron chi connectivity index (χ2n) is 5.51. The van der Waals surface area contributed by atoms with Crippen molar-refractivity contribution in [2.75, 3.05) is 32.1 Å². The minimum Gasteiger partial charge on any atom is -0.494 e. The van der Waals surface area contributed by atoms with E-state index in [4.69, 9.17) is 9.84 Å². The molecule has 1 aliphatic rings. The first-order valence-electron chi connectivity index (χ1n) is 7.23. The van der Waals surface area contributed by atoms with Gasteiger partial charge in [0, 0.05) is 31.6 Å². The number of hydrogen-bond acceptors (Lipinski definition) is 4. The summed E-state index contributed by atoms with van der Waals surface area (Å²) in [6.07, 6.45) is 1.80. The summed E-state index contributed by atoms with van der Waals surface area (Å²) < 4.78 is 5.32. The molecule has 1 aromatic carbocycles. The quantitative estimate of drug-likeness (QED) is 0.943. The third-order valence-electron chi connectivity index (χ3n) is 4.27. The van der Waals surface area contributed by atoms with Gasteiger partial charge in [-0.3, -0.25) is 4.98 Å². The van der Waals surface area contributed by atoms with Crippen molar-refractivity contribution in [3.8, 4) is 5.75 Å². The maximum absolute atomic E-state index is 11.0. The van der Waals surface area contributed by atoms with Crippen molar-refractivity contribution in [2.24, 2.45) is 0 Å². The number of para-hydroxylation sites is 1. The number of benzene rings is 1. The van der Waals surface area contributed by atoms with Crippen molar-refractivity contribution < 1.29 is 14.6 Å². The maximum atomic E-state index is 11.0. The first kappa shape index (κ1) is 14.4. The number of aromatic nitrogens is 1. The molecule has 1 saturated heterocycles. The molecule has 2 aromatic rings. The zero-order valence-corrected chi connectivity index (χ0v) is 12.7. The van der Waals surface area contributed by atoms with Crippen molar-refractivity contribution in [1.82, 2.24) is 9.88 Å². The molecule has 0 radical (unpaired) electrons. The lowest BCUT2D eigenvalue weighted by Gasteiger charge is -2.26. The van der Waals surface area contributed by atoms with Crippen LogP contribution in [0, 0.1) is 0 Å². The number of rotatable bonds is 3. The molecular formula is C16H19N3O3. The highest BCUT2D eigenvalue weighted by Crippen LogP contribution is 2.28. The third kappa shape index (κ3) is 2.52. The predicted molar refractivity (Wildman–Crippen MR) is 84.7 cm³/mol. The molecule has 1 fully saturated rings. The van der Waals surface area contributed by atoms with Gasteiger partial charge in [0.25, 0.3) is 0 Å². The number of hydrogen-bond donors (Lipinski definition) is 1. The van der Waals surface area contributed by atoms with Gasteiger partial charge in [0.05, 0.1) is 19.0 Å². The zero-order chi connectivity index (χ0) is 15.7. The molecule has 1 aliphatic heterocycles. The summed E-state index contributed by atoms with van der Waals surface area (Å²) in [5, 5.41) is 10.1. The Morgan fingerprint density at radius 3 is 3.00 bits per heavy atom. The molecule has 1 atom stereocenters. The Kier molecular flexibility index (Phi) is 3.75. The van der Waals surface area contributed by atoms with Gasteiger partial charge in [0.2, 0.25) is 0 Å². The normalized spacial score (nSPS) is 17.7. The van der Waals surface area contributed by atoms with Crippen LogP contribution < -0.4 is 9.64 Å². The Hall–Kier alpha value is -2.50. The van der Waals surface area contributed by atoms with Crippen LogP contribution in [0.2, 0.25) is 0 Å². The number of likely N-dealkylation sites (tertiary alicyclic amines) is 1. The fraction of sp³-hybridized carbons (Fsp3) is 0.375. The molecule has 3 rings (SSSR count). The number of amides is 1. The average molecular weight is 301 g/mol. The molecule has 116 valence electrons. The molecule has 6 heteroatoms. The van der Waals surface area contributed by atoms with Gasteiger partial charge < -0.3 is 19.6 Å². The van der Waals surface area contributed by atoms with E-state index < -0.39 is 6.09 Å². The molecule has 6 nitrogen and oxygen atoms in total. The Bertz CT molecular complexity index is 704. The van der Waals surface area contributed by atoms with Gasteiger partial charge >= 0.3 is 6.09 Å². The lowest BCUT2D eigenvalue weighted by molar-refractivity contribution is 0.155. The number of carboxylic acid groups (broad SMARTS) is 1. The number of ether oxygens (including phenoxy) is 1. The maximum Gasteiger partial charge on any atom is 0.407 e. The Labute approximate surface area is 128 Å². The lowest BCUT2D eigenvalue weighted by atomic mass is 10.1. The van der Waals surface area contributed by atoms with Crippen molar-refractivity contribution >= 4 is 22.7 Å². The number of methoxy groups -OCH3 is 1. The van der Waals surface area contributed by atoms with Crippen LogP contribution in [-0.2, 0) is 0 Å². The highest BCUT2D eigenvalue weighted by atomic mass is 16.5. The third-order valence-corrected chi connectivity index (χ3v) is 4.27. The molecule has 22 heavy (non-hydrogen) atoms. The van der Waals surface area contributed by atoms with E-state index in [1.165, 1.54) is 4.90 Å². The van der Waals surface area contributed by atoms with Gasteiger partial charge in [-0.15, -0.1) is 0 Å². The molecule has 1 N–H and O–H groups in total. The van der Waals surface area contributed by atoms with Crippen LogP contribution in [0.25, 0.3) is 10.9 Å². The molecule has 0 unspecified atom stereocenters. The van der Waals surface area contributed by atoms with Crippen LogP contribution >= 0.6 is 0 Å². The summed E-state index contributed by atoms with van der Waals surface area (Å²) in [5.41, 5.74) is 1.82. The molecule has 1 aromatic heterocycles. The fourth-order valence-electron chi connectivity index (χ4n) is 2.92. The molecule has 0 bridgehead atoms. The Morgan fingerprint density at radius 2 is 2.32 bits per heavy atom. The predicted octanol–water partition coefficient (Wildman–Crippen LogP) is 2.43.